The summed E-state index contributed by atoms with van der Waals surface area (Å²) in [6, 6.07) is 0. The van der Waals surface area contributed by atoms with Crippen LogP contribution in [0.2, 0.25) is 0 Å². The van der Waals surface area contributed by atoms with E-state index in [0.717, 1.165) is 44.7 Å². The molecular weight excluding hydrogens is 228 g/mol. The van der Waals surface area contributed by atoms with Gasteiger partial charge in [0.25, 0.3) is 0 Å². The molecule has 5 heteroatoms. The van der Waals surface area contributed by atoms with E-state index in [-0.39, 0.29) is 5.91 Å². The second kappa shape index (κ2) is 6.54. The van der Waals surface area contributed by atoms with Crippen LogP contribution in [-0.2, 0) is 17.9 Å². The first kappa shape index (κ1) is 13.1. The normalized spacial score (nSPS) is 15.3. The van der Waals surface area contributed by atoms with Crippen LogP contribution in [-0.4, -0.2) is 40.0 Å². The molecule has 0 atom stereocenters. The lowest BCUT2D eigenvalue weighted by Crippen LogP contribution is -2.36. The third-order valence-corrected chi connectivity index (χ3v) is 3.28. The number of nitrogens with zero attached hydrogens (tertiary/aromatic N) is 3. The highest BCUT2D eigenvalue weighted by molar-refractivity contribution is 5.78. The van der Waals surface area contributed by atoms with Gasteiger partial charge in [-0.2, -0.15) is 0 Å². The van der Waals surface area contributed by atoms with E-state index in [2.05, 4.69) is 21.8 Å². The largest absolute Gasteiger partial charge is 0.342 e. The van der Waals surface area contributed by atoms with Gasteiger partial charge in [0.2, 0.25) is 5.91 Å². The van der Waals surface area contributed by atoms with Gasteiger partial charge in [0.1, 0.15) is 5.82 Å². The number of hydrogen-bond acceptors (Lipinski definition) is 3. The van der Waals surface area contributed by atoms with E-state index in [1.165, 1.54) is 0 Å². The fourth-order valence-electron chi connectivity index (χ4n) is 2.31. The van der Waals surface area contributed by atoms with Crippen molar-refractivity contribution < 1.29 is 4.79 Å². The maximum Gasteiger partial charge on any atom is 0.236 e. The fraction of sp³-hybridized carbons (Fsp3) is 0.692. The summed E-state index contributed by atoms with van der Waals surface area (Å²) in [7, 11) is 0. The van der Waals surface area contributed by atoms with Crippen molar-refractivity contribution in [2.24, 2.45) is 0 Å². The molecule has 1 N–H and O–H groups in total. The molecule has 0 saturated carbocycles. The zero-order chi connectivity index (χ0) is 12.8. The highest BCUT2D eigenvalue weighted by Crippen LogP contribution is 2.06. The Morgan fingerprint density at radius 3 is 2.94 bits per heavy atom. The zero-order valence-corrected chi connectivity index (χ0v) is 11.1. The maximum atomic E-state index is 11.8. The van der Waals surface area contributed by atoms with E-state index in [0.29, 0.717) is 13.1 Å². The van der Waals surface area contributed by atoms with Gasteiger partial charge in [-0.15, -0.1) is 0 Å². The molecule has 2 heterocycles. The fourth-order valence-corrected chi connectivity index (χ4v) is 2.31. The van der Waals surface area contributed by atoms with Crippen molar-refractivity contribution in [2.45, 2.75) is 39.3 Å². The van der Waals surface area contributed by atoms with Crippen molar-refractivity contribution in [3.05, 3.63) is 18.2 Å². The van der Waals surface area contributed by atoms with Gasteiger partial charge < -0.3 is 14.8 Å². The molecule has 1 aromatic heterocycles. The molecule has 5 nitrogen and oxygen atoms in total. The number of carbonyl (C=O) groups excluding carboxylic acids is 1. The van der Waals surface area contributed by atoms with Gasteiger partial charge in [0.15, 0.2) is 0 Å². The number of imidazole rings is 1. The van der Waals surface area contributed by atoms with Crippen LogP contribution < -0.4 is 5.32 Å². The van der Waals surface area contributed by atoms with E-state index < -0.39 is 0 Å². The van der Waals surface area contributed by atoms with Crippen molar-refractivity contribution in [3.8, 4) is 0 Å². The zero-order valence-electron chi connectivity index (χ0n) is 11.1. The van der Waals surface area contributed by atoms with Crippen LogP contribution in [0.25, 0.3) is 0 Å². The maximum absolute atomic E-state index is 11.8. The molecule has 0 radical (unpaired) electrons. The summed E-state index contributed by atoms with van der Waals surface area (Å²) in [6.07, 6.45) is 7.19. The first-order valence-corrected chi connectivity index (χ1v) is 6.79. The highest BCUT2D eigenvalue weighted by atomic mass is 16.2. The number of aromatic nitrogens is 2. The summed E-state index contributed by atoms with van der Waals surface area (Å²) in [5.41, 5.74) is 0. The molecule has 1 amide bonds. The van der Waals surface area contributed by atoms with Crippen molar-refractivity contribution in [1.82, 2.24) is 19.8 Å². The Kier molecular flexibility index (Phi) is 4.75. The minimum absolute atomic E-state index is 0.209. The number of nitrogens with one attached hydrogen (secondary N) is 1. The molecule has 0 aliphatic carbocycles. The summed E-state index contributed by atoms with van der Waals surface area (Å²) >= 11 is 0. The first-order valence-electron chi connectivity index (χ1n) is 6.79. The van der Waals surface area contributed by atoms with Gasteiger partial charge in [-0.25, -0.2) is 4.98 Å². The van der Waals surface area contributed by atoms with E-state index in [9.17, 15) is 4.79 Å². The summed E-state index contributed by atoms with van der Waals surface area (Å²) in [5.74, 6) is 1.21. The van der Waals surface area contributed by atoms with Crippen LogP contribution in [0.3, 0.4) is 0 Å². The van der Waals surface area contributed by atoms with Crippen LogP contribution in [0.1, 0.15) is 32.0 Å². The third-order valence-electron chi connectivity index (χ3n) is 3.28. The molecule has 18 heavy (non-hydrogen) atoms. The quantitative estimate of drug-likeness (QED) is 0.819. The van der Waals surface area contributed by atoms with Crippen LogP contribution >= 0.6 is 0 Å². The minimum atomic E-state index is 0.209. The second-order valence-corrected chi connectivity index (χ2v) is 4.73. The van der Waals surface area contributed by atoms with Crippen LogP contribution in [0.15, 0.2) is 12.4 Å². The van der Waals surface area contributed by atoms with Crippen molar-refractivity contribution in [2.75, 3.05) is 19.6 Å². The third kappa shape index (κ3) is 3.32. The van der Waals surface area contributed by atoms with Crippen molar-refractivity contribution >= 4 is 5.91 Å². The van der Waals surface area contributed by atoms with E-state index in [1.54, 1.807) is 0 Å². The molecule has 1 aliphatic heterocycles. The first-order chi connectivity index (χ1) is 8.81. The van der Waals surface area contributed by atoms with Crippen molar-refractivity contribution in [3.63, 3.8) is 0 Å². The smallest absolute Gasteiger partial charge is 0.236 e. The summed E-state index contributed by atoms with van der Waals surface area (Å²) < 4.78 is 2.13. The Labute approximate surface area is 108 Å². The lowest BCUT2D eigenvalue weighted by molar-refractivity contribution is -0.129. The molecule has 0 spiro atoms. The topological polar surface area (TPSA) is 50.2 Å². The predicted octanol–water partition coefficient (Wildman–Crippen LogP) is 1.01. The molecule has 0 aromatic carbocycles. The molecular formula is C13H22N4O. The molecule has 100 valence electrons. The van der Waals surface area contributed by atoms with Gasteiger partial charge in [-0.05, 0) is 19.3 Å². The second-order valence-electron chi connectivity index (χ2n) is 4.73. The van der Waals surface area contributed by atoms with Gasteiger partial charge in [-0.1, -0.05) is 6.92 Å². The summed E-state index contributed by atoms with van der Waals surface area (Å²) in [5, 5.41) is 3.19. The standard InChI is InChI=1S/C13H22N4O/c1-2-6-16-9-5-15-12(16)10-14-11-13(18)17-7-3-4-8-17/h5,9,14H,2-4,6-8,10-11H2,1H3. The Balaban J connectivity index is 1.74. The van der Waals surface area contributed by atoms with Gasteiger partial charge in [0, 0.05) is 32.0 Å². The van der Waals surface area contributed by atoms with Crippen LogP contribution in [0, 0.1) is 0 Å². The molecule has 0 bridgehead atoms. The van der Waals surface area contributed by atoms with E-state index >= 15 is 0 Å². The molecule has 2 rings (SSSR count). The van der Waals surface area contributed by atoms with Crippen LogP contribution in [0.5, 0.6) is 0 Å². The Hall–Kier alpha value is -1.36. The summed E-state index contributed by atoms with van der Waals surface area (Å²) in [4.78, 5) is 18.1. The van der Waals surface area contributed by atoms with Gasteiger partial charge >= 0.3 is 0 Å². The number of likely N-dealkylation sites (tertiary alicyclic amines) is 1. The highest BCUT2D eigenvalue weighted by Gasteiger charge is 2.17. The minimum Gasteiger partial charge on any atom is -0.342 e. The average molecular weight is 250 g/mol. The number of hydrogen-bond donors (Lipinski definition) is 1. The SMILES string of the molecule is CCCn1ccnc1CNCC(=O)N1CCCC1. The number of rotatable bonds is 6. The average Bonchev–Trinajstić information content (AvgIpc) is 3.01. The molecule has 0 unspecified atom stereocenters. The Morgan fingerprint density at radius 2 is 2.22 bits per heavy atom. The summed E-state index contributed by atoms with van der Waals surface area (Å²) in [6.45, 7) is 6.05. The van der Waals surface area contributed by atoms with Crippen LogP contribution in [0.4, 0.5) is 0 Å². The number of aryl methyl sites for hydroxylation is 1. The monoisotopic (exact) mass is 250 g/mol. The predicted molar refractivity (Wildman–Crippen MR) is 70.0 cm³/mol. The van der Waals surface area contributed by atoms with Gasteiger partial charge in [-0.3, -0.25) is 4.79 Å². The number of amides is 1. The molecule has 1 fully saturated rings. The lowest BCUT2D eigenvalue weighted by atomic mass is 10.4. The molecule has 1 aliphatic rings. The Bertz CT molecular complexity index is 382. The number of carbonyl (C=O) groups is 1. The van der Waals surface area contributed by atoms with E-state index in [4.69, 9.17) is 0 Å². The molecule has 1 saturated heterocycles. The van der Waals surface area contributed by atoms with E-state index in [1.807, 2.05) is 17.3 Å². The lowest BCUT2D eigenvalue weighted by Gasteiger charge is -2.15. The van der Waals surface area contributed by atoms with Crippen molar-refractivity contribution in [1.29, 1.82) is 0 Å². The van der Waals surface area contributed by atoms with Gasteiger partial charge in [0.05, 0.1) is 13.1 Å². The Morgan fingerprint density at radius 1 is 1.44 bits per heavy atom. The molecule has 1 aromatic rings.